The number of Topliss-reactive ketones (excluding diaryl/α,β-unsaturated/α-hetero) is 1. The Morgan fingerprint density at radius 2 is 1.80 bits per heavy atom. The summed E-state index contributed by atoms with van der Waals surface area (Å²) < 4.78 is 39.4. The maximum atomic E-state index is 13.7. The first-order valence-electron chi connectivity index (χ1n) is 15.1. The number of carbonyl (C=O) groups excluding carboxylic acids is 3. The van der Waals surface area contributed by atoms with E-state index in [1.807, 2.05) is 12.2 Å². The summed E-state index contributed by atoms with van der Waals surface area (Å²) in [5.41, 5.74) is 2.06. The van der Waals surface area contributed by atoms with Crippen LogP contribution < -0.4 is 19.1 Å². The third-order valence-corrected chi connectivity index (χ3v) is 11.7. The highest BCUT2D eigenvalue weighted by Crippen LogP contribution is 2.41. The molecule has 3 aromatic rings. The lowest BCUT2D eigenvalue weighted by atomic mass is 9.95. The molecule has 49 heavy (non-hydrogen) atoms. The summed E-state index contributed by atoms with van der Waals surface area (Å²) in [7, 11) is -2.92. The normalized spacial score (nSPS) is 17.2. The number of halogens is 2. The summed E-state index contributed by atoms with van der Waals surface area (Å²) in [4.78, 5) is 39.6. The van der Waals surface area contributed by atoms with Gasteiger partial charge in [-0.1, -0.05) is 53.2 Å². The molecule has 10 nitrogen and oxygen atoms in total. The lowest BCUT2D eigenvalue weighted by molar-refractivity contribution is -0.115. The van der Waals surface area contributed by atoms with Crippen molar-refractivity contribution < 1.29 is 37.4 Å². The van der Waals surface area contributed by atoms with Crippen molar-refractivity contribution in [3.63, 3.8) is 0 Å². The molecule has 0 saturated heterocycles. The number of hydrogen-bond donors (Lipinski definition) is 2. The monoisotopic (exact) mass is 742 g/mol. The fourth-order valence-electron chi connectivity index (χ4n) is 5.23. The van der Waals surface area contributed by atoms with Crippen LogP contribution in [-0.2, 0) is 14.8 Å². The van der Waals surface area contributed by atoms with E-state index in [-0.39, 0.29) is 49.4 Å². The van der Waals surface area contributed by atoms with Crippen molar-refractivity contribution in [2.24, 2.45) is 0 Å². The largest absolute Gasteiger partial charge is 0.504 e. The molecule has 0 saturated carbocycles. The molecule has 1 aliphatic heterocycles. The lowest BCUT2D eigenvalue weighted by Gasteiger charge is -2.26. The van der Waals surface area contributed by atoms with Gasteiger partial charge in [-0.2, -0.15) is 0 Å². The number of sulfonamides is 1. The van der Waals surface area contributed by atoms with E-state index in [0.717, 1.165) is 22.5 Å². The second-order valence-corrected chi connectivity index (χ2v) is 15.5. The predicted octanol–water partition coefficient (Wildman–Crippen LogP) is 7.40. The Balaban J connectivity index is 1.30. The number of carbonyl (C=O) groups is 3. The number of esters is 1. The molecule has 1 amide bonds. The van der Waals surface area contributed by atoms with Crippen molar-refractivity contribution in [1.29, 1.82) is 0 Å². The summed E-state index contributed by atoms with van der Waals surface area (Å²) in [5, 5.41) is 10.5. The van der Waals surface area contributed by atoms with Crippen LogP contribution >= 0.6 is 35.0 Å². The minimum atomic E-state index is -4.23. The molecular weight excluding hydrogens is 711 g/mol. The summed E-state index contributed by atoms with van der Waals surface area (Å²) in [5.74, 6) is -1.35. The smallest absolute Gasteiger partial charge is 0.343 e. The highest BCUT2D eigenvalue weighted by Gasteiger charge is 2.44. The fraction of sp³-hybridized carbons (Fsp3) is 0.229. The molecule has 14 heteroatoms. The summed E-state index contributed by atoms with van der Waals surface area (Å²) in [6, 6.07) is 13.1. The van der Waals surface area contributed by atoms with Gasteiger partial charge in [0.1, 0.15) is 16.2 Å². The van der Waals surface area contributed by atoms with Gasteiger partial charge in [-0.25, -0.2) is 13.2 Å². The number of ether oxygens (including phenoxy) is 2. The van der Waals surface area contributed by atoms with Crippen LogP contribution in [0.4, 0.5) is 11.4 Å². The van der Waals surface area contributed by atoms with Gasteiger partial charge in [0.25, 0.3) is 0 Å². The number of nitrogens with zero attached hydrogens (tertiary/aromatic N) is 1. The van der Waals surface area contributed by atoms with Crippen LogP contribution in [0.25, 0.3) is 0 Å². The third-order valence-electron chi connectivity index (χ3n) is 7.77. The number of thioether (sulfide) groups is 1. The van der Waals surface area contributed by atoms with Crippen molar-refractivity contribution in [2.45, 2.75) is 37.2 Å². The number of phenolic OH excluding ortho intramolecular Hbond substituents is 1. The zero-order chi connectivity index (χ0) is 35.5. The molecule has 0 spiro atoms. The molecule has 2 aliphatic rings. The van der Waals surface area contributed by atoms with E-state index in [9.17, 15) is 27.9 Å². The van der Waals surface area contributed by atoms with Gasteiger partial charge in [0.05, 0.1) is 22.2 Å². The van der Waals surface area contributed by atoms with Gasteiger partial charge < -0.3 is 19.9 Å². The Kier molecular flexibility index (Phi) is 11.1. The van der Waals surface area contributed by atoms with E-state index in [4.69, 9.17) is 32.7 Å². The van der Waals surface area contributed by atoms with Gasteiger partial charge in [-0.05, 0) is 86.9 Å². The number of anilines is 2. The van der Waals surface area contributed by atoms with Crippen molar-refractivity contribution in [1.82, 2.24) is 0 Å². The average molecular weight is 744 g/mol. The van der Waals surface area contributed by atoms with Crippen LogP contribution in [0, 0.1) is 6.92 Å². The van der Waals surface area contributed by atoms with Crippen molar-refractivity contribution in [2.75, 3.05) is 23.3 Å². The van der Waals surface area contributed by atoms with E-state index < -0.39 is 32.4 Å². The van der Waals surface area contributed by atoms with Gasteiger partial charge in [-0.3, -0.25) is 13.9 Å². The van der Waals surface area contributed by atoms with Gasteiger partial charge >= 0.3 is 5.97 Å². The van der Waals surface area contributed by atoms with E-state index in [0.29, 0.717) is 29.7 Å². The molecule has 0 radical (unpaired) electrons. The zero-order valence-corrected chi connectivity index (χ0v) is 29.8. The van der Waals surface area contributed by atoms with Crippen LogP contribution in [0.1, 0.15) is 46.0 Å². The summed E-state index contributed by atoms with van der Waals surface area (Å²) >= 11 is 13.4. The van der Waals surface area contributed by atoms with Crippen LogP contribution in [0.5, 0.6) is 17.2 Å². The molecule has 0 bridgehead atoms. The SMILES string of the molecule is CCOc1ccc(N(C)S(=O)(=O)C2C=C(Cl)SC2C(=O)Nc2cc(Cl)cc(C(=O)Oc3ccc(C(=O)C4=CC=CCC4)cc3C)c2)cc1O. The van der Waals surface area contributed by atoms with Gasteiger partial charge in [0.15, 0.2) is 17.3 Å². The van der Waals surface area contributed by atoms with E-state index >= 15 is 0 Å². The highest BCUT2D eigenvalue weighted by molar-refractivity contribution is 8.07. The maximum absolute atomic E-state index is 13.7. The number of hydrogen-bond acceptors (Lipinski definition) is 9. The Bertz CT molecular complexity index is 2030. The van der Waals surface area contributed by atoms with Gasteiger partial charge in [-0.15, -0.1) is 0 Å². The van der Waals surface area contributed by atoms with Crippen molar-refractivity contribution in [3.05, 3.63) is 111 Å². The van der Waals surface area contributed by atoms with E-state index in [2.05, 4.69) is 5.32 Å². The molecule has 3 aromatic carbocycles. The topological polar surface area (TPSA) is 139 Å². The molecule has 0 fully saturated rings. The summed E-state index contributed by atoms with van der Waals surface area (Å²) in [6.45, 7) is 3.78. The molecule has 2 N–H and O–H groups in total. The molecule has 1 heterocycles. The lowest BCUT2D eigenvalue weighted by Crippen LogP contribution is -2.43. The Morgan fingerprint density at radius 3 is 2.47 bits per heavy atom. The maximum Gasteiger partial charge on any atom is 0.343 e. The standard InChI is InChI=1S/C35H32Cl2N2O8S2/c1-4-46-29-13-11-26(18-27(29)40)39(3)49(44,45)30-19-31(37)48-33(30)34(42)38-25-16-23(15-24(36)17-25)35(43)47-28-12-10-22(14-20(28)2)32(41)21-8-6-5-7-9-21/h5-6,8,10-19,30,33,40H,4,7,9H2,1-3H3,(H,38,42). The first-order valence-corrected chi connectivity index (χ1v) is 18.2. The van der Waals surface area contributed by atoms with Crippen LogP contribution in [-0.4, -0.2) is 55.3 Å². The number of benzene rings is 3. The fourth-order valence-corrected chi connectivity index (χ4v) is 9.00. The number of aryl methyl sites for hydroxylation is 1. The van der Waals surface area contributed by atoms with Gasteiger partial charge in [0, 0.05) is 35.0 Å². The molecular formula is C35H32Cl2N2O8S2. The zero-order valence-electron chi connectivity index (χ0n) is 26.6. The van der Waals surface area contributed by atoms with E-state index in [1.54, 1.807) is 38.1 Å². The molecule has 2 atom stereocenters. The number of allylic oxidation sites excluding steroid dienone is 4. The molecule has 1 aliphatic carbocycles. The molecule has 0 aromatic heterocycles. The molecule has 256 valence electrons. The first kappa shape index (κ1) is 36.1. The van der Waals surface area contributed by atoms with Crippen LogP contribution in [0.3, 0.4) is 0 Å². The molecule has 2 unspecified atom stereocenters. The minimum Gasteiger partial charge on any atom is -0.504 e. The van der Waals surface area contributed by atoms with Crippen LogP contribution in [0.2, 0.25) is 5.02 Å². The number of rotatable bonds is 11. The third kappa shape index (κ3) is 8.16. The second kappa shape index (κ2) is 15.1. The average Bonchev–Trinajstić information content (AvgIpc) is 3.48. The predicted molar refractivity (Wildman–Crippen MR) is 193 cm³/mol. The van der Waals surface area contributed by atoms with E-state index in [1.165, 1.54) is 49.5 Å². The summed E-state index contributed by atoms with van der Waals surface area (Å²) in [6.07, 6.45) is 8.39. The quantitative estimate of drug-likeness (QED) is 0.117. The number of amides is 1. The molecule has 5 rings (SSSR count). The van der Waals surface area contributed by atoms with Crippen LogP contribution in [0.15, 0.2) is 88.8 Å². The number of aromatic hydroxyl groups is 1. The van der Waals surface area contributed by atoms with Gasteiger partial charge in [0.2, 0.25) is 15.9 Å². The number of nitrogens with one attached hydrogen (secondary N) is 1. The Morgan fingerprint density at radius 1 is 1.04 bits per heavy atom. The number of phenols is 1. The van der Waals surface area contributed by atoms with Crippen molar-refractivity contribution >= 4 is 74.0 Å². The highest BCUT2D eigenvalue weighted by atomic mass is 35.5. The second-order valence-electron chi connectivity index (χ2n) is 11.1. The Hall–Kier alpha value is -4.23. The minimum absolute atomic E-state index is 0.0240. The number of ketones is 1. The Labute approximate surface area is 298 Å². The first-order chi connectivity index (χ1) is 23.3. The van der Waals surface area contributed by atoms with Crippen molar-refractivity contribution in [3.8, 4) is 17.2 Å².